The van der Waals surface area contributed by atoms with Gasteiger partial charge in [0, 0.05) is 39.1 Å². The molecule has 136 valence electrons. The number of para-hydroxylation sites is 1. The molecule has 1 atom stereocenters. The van der Waals surface area contributed by atoms with Crippen molar-refractivity contribution in [2.75, 3.05) is 26.2 Å². The third-order valence-electron chi connectivity index (χ3n) is 5.14. The molecule has 26 heavy (non-hydrogen) atoms. The molecule has 0 spiro atoms. The number of rotatable bonds is 3. The van der Waals surface area contributed by atoms with Gasteiger partial charge in [-0.1, -0.05) is 30.3 Å². The lowest BCUT2D eigenvalue weighted by Gasteiger charge is -2.24. The number of carbonyl (C=O) groups excluding carboxylic acids is 1. The zero-order valence-corrected chi connectivity index (χ0v) is 14.7. The van der Waals surface area contributed by atoms with Crippen molar-refractivity contribution in [2.45, 2.75) is 25.5 Å². The Labute approximate surface area is 153 Å². The number of ether oxygens (including phenoxy) is 1. The largest absolute Gasteiger partial charge is 0.480 e. The molecule has 1 saturated heterocycles. The average molecular weight is 354 g/mol. The van der Waals surface area contributed by atoms with Gasteiger partial charge in [0.05, 0.1) is 0 Å². The molecule has 0 bridgehead atoms. The predicted octanol–water partition coefficient (Wildman–Crippen LogP) is 2.86. The van der Waals surface area contributed by atoms with Gasteiger partial charge >= 0.3 is 0 Å². The molecule has 0 aromatic heterocycles. The van der Waals surface area contributed by atoms with Crippen molar-refractivity contribution in [1.82, 2.24) is 9.80 Å². The Balaban J connectivity index is 1.33. The van der Waals surface area contributed by atoms with Crippen LogP contribution in [-0.4, -0.2) is 48.0 Å². The number of benzene rings is 2. The van der Waals surface area contributed by atoms with Crippen LogP contribution in [0.1, 0.15) is 17.5 Å². The second-order valence-electron chi connectivity index (χ2n) is 7.00. The van der Waals surface area contributed by atoms with Crippen LogP contribution in [-0.2, 0) is 17.8 Å². The van der Waals surface area contributed by atoms with Crippen molar-refractivity contribution in [3.8, 4) is 5.75 Å². The van der Waals surface area contributed by atoms with Crippen LogP contribution >= 0.6 is 0 Å². The van der Waals surface area contributed by atoms with Crippen LogP contribution in [0.3, 0.4) is 0 Å². The van der Waals surface area contributed by atoms with Gasteiger partial charge in [-0.25, -0.2) is 4.39 Å². The van der Waals surface area contributed by atoms with E-state index < -0.39 is 6.10 Å². The third-order valence-corrected chi connectivity index (χ3v) is 5.14. The lowest BCUT2D eigenvalue weighted by atomic mass is 10.1. The number of hydrogen-bond donors (Lipinski definition) is 0. The number of amides is 1. The minimum atomic E-state index is -0.393. The molecule has 1 amide bonds. The molecule has 4 rings (SSSR count). The quantitative estimate of drug-likeness (QED) is 0.850. The summed E-state index contributed by atoms with van der Waals surface area (Å²) in [5, 5.41) is 0. The Kier molecular flexibility index (Phi) is 4.89. The molecule has 1 fully saturated rings. The molecule has 0 N–H and O–H groups in total. The van der Waals surface area contributed by atoms with E-state index in [0.717, 1.165) is 49.5 Å². The van der Waals surface area contributed by atoms with Gasteiger partial charge in [-0.05, 0) is 35.7 Å². The van der Waals surface area contributed by atoms with Crippen LogP contribution in [0.2, 0.25) is 0 Å². The normalized spacial score (nSPS) is 20.3. The van der Waals surface area contributed by atoms with Crippen molar-refractivity contribution in [1.29, 1.82) is 0 Å². The highest BCUT2D eigenvalue weighted by molar-refractivity contribution is 5.82. The first-order chi connectivity index (χ1) is 12.7. The Morgan fingerprint density at radius 2 is 1.85 bits per heavy atom. The number of nitrogens with zero attached hydrogens (tertiary/aromatic N) is 2. The molecular weight excluding hydrogens is 331 g/mol. The van der Waals surface area contributed by atoms with E-state index in [0.29, 0.717) is 13.0 Å². The van der Waals surface area contributed by atoms with Crippen LogP contribution < -0.4 is 4.74 Å². The fourth-order valence-electron chi connectivity index (χ4n) is 3.72. The molecule has 1 unspecified atom stereocenters. The van der Waals surface area contributed by atoms with Crippen molar-refractivity contribution in [2.24, 2.45) is 0 Å². The summed E-state index contributed by atoms with van der Waals surface area (Å²) in [4.78, 5) is 17.1. The zero-order valence-electron chi connectivity index (χ0n) is 14.7. The van der Waals surface area contributed by atoms with E-state index >= 15 is 0 Å². The summed E-state index contributed by atoms with van der Waals surface area (Å²) in [5.41, 5.74) is 2.21. The molecule has 2 aromatic rings. The van der Waals surface area contributed by atoms with E-state index in [1.807, 2.05) is 41.3 Å². The number of hydrogen-bond acceptors (Lipinski definition) is 3. The maximum atomic E-state index is 13.0. The van der Waals surface area contributed by atoms with Crippen molar-refractivity contribution >= 4 is 5.91 Å². The predicted molar refractivity (Wildman–Crippen MR) is 97.4 cm³/mol. The number of carbonyl (C=O) groups is 1. The number of halogens is 1. The average Bonchev–Trinajstić information content (AvgIpc) is 2.96. The van der Waals surface area contributed by atoms with Crippen LogP contribution in [0, 0.1) is 5.82 Å². The minimum absolute atomic E-state index is 0.0878. The summed E-state index contributed by atoms with van der Waals surface area (Å²) in [6.45, 7) is 4.01. The van der Waals surface area contributed by atoms with E-state index in [2.05, 4.69) is 4.90 Å². The first-order valence-corrected chi connectivity index (χ1v) is 9.19. The van der Waals surface area contributed by atoms with Gasteiger partial charge in [-0.2, -0.15) is 0 Å². The van der Waals surface area contributed by atoms with Gasteiger partial charge in [-0.3, -0.25) is 9.69 Å². The summed E-state index contributed by atoms with van der Waals surface area (Å²) in [5.74, 6) is 0.711. The molecular formula is C21H23FN2O2. The molecule has 5 heteroatoms. The molecule has 4 nitrogen and oxygen atoms in total. The Morgan fingerprint density at radius 3 is 2.65 bits per heavy atom. The van der Waals surface area contributed by atoms with Crippen molar-refractivity contribution < 1.29 is 13.9 Å². The van der Waals surface area contributed by atoms with Crippen molar-refractivity contribution in [3.05, 3.63) is 65.5 Å². The second kappa shape index (κ2) is 7.46. The fourth-order valence-corrected chi connectivity index (χ4v) is 3.72. The van der Waals surface area contributed by atoms with Gasteiger partial charge in [0.1, 0.15) is 11.6 Å². The van der Waals surface area contributed by atoms with Crippen LogP contribution in [0.4, 0.5) is 4.39 Å². The first kappa shape index (κ1) is 17.0. The molecule has 0 radical (unpaired) electrons. The Bertz CT molecular complexity index is 753. The van der Waals surface area contributed by atoms with Gasteiger partial charge in [0.15, 0.2) is 6.10 Å². The highest BCUT2D eigenvalue weighted by Crippen LogP contribution is 2.29. The van der Waals surface area contributed by atoms with E-state index in [9.17, 15) is 9.18 Å². The van der Waals surface area contributed by atoms with E-state index in [-0.39, 0.29) is 11.7 Å². The fraction of sp³-hybridized carbons (Fsp3) is 0.381. The Morgan fingerprint density at radius 1 is 1.04 bits per heavy atom. The molecule has 0 saturated carbocycles. The maximum Gasteiger partial charge on any atom is 0.264 e. The lowest BCUT2D eigenvalue weighted by molar-refractivity contribution is -0.137. The van der Waals surface area contributed by atoms with E-state index in [1.54, 1.807) is 0 Å². The molecule has 2 aliphatic rings. The van der Waals surface area contributed by atoms with Gasteiger partial charge in [0.25, 0.3) is 5.91 Å². The summed E-state index contributed by atoms with van der Waals surface area (Å²) in [6, 6.07) is 14.5. The SMILES string of the molecule is O=C(C1Cc2ccccc2O1)N1CCCN(Cc2ccc(F)cc2)CC1. The minimum Gasteiger partial charge on any atom is -0.480 e. The van der Waals surface area contributed by atoms with E-state index in [4.69, 9.17) is 4.74 Å². The Hall–Kier alpha value is -2.40. The summed E-state index contributed by atoms with van der Waals surface area (Å²) in [7, 11) is 0. The van der Waals surface area contributed by atoms with Gasteiger partial charge in [-0.15, -0.1) is 0 Å². The standard InChI is InChI=1S/C21H23FN2O2/c22-18-8-6-16(7-9-18)15-23-10-3-11-24(13-12-23)21(25)20-14-17-4-1-2-5-19(17)26-20/h1-2,4-9,20H,3,10-15H2. The monoisotopic (exact) mass is 354 g/mol. The summed E-state index contributed by atoms with van der Waals surface area (Å²) < 4.78 is 18.9. The molecule has 2 heterocycles. The maximum absolute atomic E-state index is 13.0. The van der Waals surface area contributed by atoms with Gasteiger partial charge in [0.2, 0.25) is 0 Å². The van der Waals surface area contributed by atoms with Gasteiger partial charge < -0.3 is 9.64 Å². The van der Waals surface area contributed by atoms with Crippen LogP contribution in [0.15, 0.2) is 48.5 Å². The smallest absolute Gasteiger partial charge is 0.264 e. The van der Waals surface area contributed by atoms with Crippen LogP contribution in [0.25, 0.3) is 0 Å². The van der Waals surface area contributed by atoms with Crippen LogP contribution in [0.5, 0.6) is 5.75 Å². The number of fused-ring (bicyclic) bond motifs is 1. The molecule has 0 aliphatic carbocycles. The lowest BCUT2D eigenvalue weighted by Crippen LogP contribution is -2.43. The van der Waals surface area contributed by atoms with E-state index in [1.165, 1.54) is 12.1 Å². The first-order valence-electron chi connectivity index (χ1n) is 9.19. The van der Waals surface area contributed by atoms with Crippen molar-refractivity contribution in [3.63, 3.8) is 0 Å². The summed E-state index contributed by atoms with van der Waals surface area (Å²) >= 11 is 0. The highest BCUT2D eigenvalue weighted by atomic mass is 19.1. The zero-order chi connectivity index (χ0) is 17.9. The third kappa shape index (κ3) is 3.73. The summed E-state index contributed by atoms with van der Waals surface area (Å²) in [6.07, 6.45) is 1.20. The molecule has 2 aliphatic heterocycles. The second-order valence-corrected chi connectivity index (χ2v) is 7.00. The molecule has 2 aromatic carbocycles. The topological polar surface area (TPSA) is 32.8 Å². The highest BCUT2D eigenvalue weighted by Gasteiger charge is 2.32.